The van der Waals surface area contributed by atoms with Crippen molar-refractivity contribution in [3.05, 3.63) is 66.7 Å². The summed E-state index contributed by atoms with van der Waals surface area (Å²) in [5, 5.41) is 0.384. The van der Waals surface area contributed by atoms with Gasteiger partial charge in [0.05, 0.1) is 11.9 Å². The molecule has 0 saturated carbocycles. The van der Waals surface area contributed by atoms with Crippen molar-refractivity contribution in [1.82, 2.24) is 4.90 Å². The third kappa shape index (κ3) is 5.37. The molecule has 2 atom stereocenters. The molecular formula is C25H31NO2S. The molecule has 154 valence electrons. The first-order valence-corrected chi connectivity index (χ1v) is 11.7. The average Bonchev–Trinajstić information content (AvgIpc) is 3.29. The number of ether oxygens (including phenoxy) is 2. The molecule has 0 unspecified atom stereocenters. The Morgan fingerprint density at radius 3 is 2.69 bits per heavy atom. The smallest absolute Gasteiger partial charge is 0.136 e. The van der Waals surface area contributed by atoms with E-state index in [9.17, 15) is 0 Å². The van der Waals surface area contributed by atoms with Crippen LogP contribution in [-0.4, -0.2) is 36.4 Å². The van der Waals surface area contributed by atoms with Gasteiger partial charge in [-0.15, -0.1) is 18.3 Å². The molecule has 2 heterocycles. The van der Waals surface area contributed by atoms with E-state index in [1.54, 1.807) is 0 Å². The van der Waals surface area contributed by atoms with Gasteiger partial charge in [0, 0.05) is 11.4 Å². The highest BCUT2D eigenvalue weighted by molar-refractivity contribution is 8.00. The quantitative estimate of drug-likeness (QED) is 0.368. The summed E-state index contributed by atoms with van der Waals surface area (Å²) < 4.78 is 12.4. The zero-order valence-corrected chi connectivity index (χ0v) is 17.9. The highest BCUT2D eigenvalue weighted by atomic mass is 32.2. The van der Waals surface area contributed by atoms with Crippen LogP contribution in [0.25, 0.3) is 0 Å². The lowest BCUT2D eigenvalue weighted by molar-refractivity contribution is 0.187. The maximum absolute atomic E-state index is 6.42. The summed E-state index contributed by atoms with van der Waals surface area (Å²) in [6, 6.07) is 16.8. The van der Waals surface area contributed by atoms with E-state index in [2.05, 4.69) is 53.9 Å². The fraction of sp³-hybridized carbons (Fsp3) is 0.440. The van der Waals surface area contributed by atoms with Crippen LogP contribution in [0.1, 0.15) is 43.8 Å². The molecule has 0 radical (unpaired) electrons. The summed E-state index contributed by atoms with van der Waals surface area (Å²) in [7, 11) is 0. The molecule has 0 N–H and O–H groups in total. The maximum atomic E-state index is 6.42. The molecule has 0 bridgehead atoms. The number of hydrogen-bond donors (Lipinski definition) is 0. The van der Waals surface area contributed by atoms with E-state index < -0.39 is 0 Å². The molecule has 0 aliphatic carbocycles. The fourth-order valence-electron chi connectivity index (χ4n) is 4.10. The van der Waals surface area contributed by atoms with Gasteiger partial charge in [0.15, 0.2) is 0 Å². The predicted octanol–water partition coefficient (Wildman–Crippen LogP) is 6.11. The van der Waals surface area contributed by atoms with E-state index in [4.69, 9.17) is 9.47 Å². The van der Waals surface area contributed by atoms with Gasteiger partial charge in [-0.25, -0.2) is 0 Å². The molecule has 4 heteroatoms. The van der Waals surface area contributed by atoms with Crippen LogP contribution in [0, 0.1) is 0 Å². The first-order chi connectivity index (χ1) is 14.3. The zero-order valence-electron chi connectivity index (χ0n) is 17.1. The highest BCUT2D eigenvalue weighted by Crippen LogP contribution is 2.46. The van der Waals surface area contributed by atoms with Crippen molar-refractivity contribution in [2.24, 2.45) is 0 Å². The molecule has 0 spiro atoms. The Labute approximate surface area is 179 Å². The first-order valence-electron chi connectivity index (χ1n) is 10.8. The van der Waals surface area contributed by atoms with Gasteiger partial charge in [-0.05, 0) is 75.0 Å². The number of allylic oxidation sites excluding steroid dienone is 1. The number of thioether (sulfide) groups is 1. The standard InChI is InChI=1S/C25H31NO2S/c1-2-3-10-24-25(28-22-9-4-5-11-23(22)29-24)20-12-14-21(15-13-20)27-19-8-18-26-16-6-7-17-26/h2,4-5,9,11-15,24-25H,1,3,6-8,10,16-19H2/t24-,25-/m1/s1. The summed E-state index contributed by atoms with van der Waals surface area (Å²) in [4.78, 5) is 3.77. The van der Waals surface area contributed by atoms with Gasteiger partial charge >= 0.3 is 0 Å². The molecular weight excluding hydrogens is 378 g/mol. The van der Waals surface area contributed by atoms with Crippen LogP contribution in [0.5, 0.6) is 11.5 Å². The van der Waals surface area contributed by atoms with Crippen molar-refractivity contribution >= 4 is 11.8 Å². The minimum Gasteiger partial charge on any atom is -0.494 e. The number of fused-ring (bicyclic) bond motifs is 1. The van der Waals surface area contributed by atoms with Crippen LogP contribution >= 0.6 is 11.8 Å². The number of likely N-dealkylation sites (tertiary alicyclic amines) is 1. The Morgan fingerprint density at radius 1 is 1.10 bits per heavy atom. The maximum Gasteiger partial charge on any atom is 0.136 e. The van der Waals surface area contributed by atoms with Crippen LogP contribution in [0.15, 0.2) is 66.1 Å². The molecule has 2 aliphatic rings. The van der Waals surface area contributed by atoms with Gasteiger partial charge in [-0.1, -0.05) is 30.3 Å². The van der Waals surface area contributed by atoms with Crippen molar-refractivity contribution < 1.29 is 9.47 Å². The number of para-hydroxylation sites is 1. The van der Waals surface area contributed by atoms with Crippen molar-refractivity contribution in [1.29, 1.82) is 0 Å². The fourth-order valence-corrected chi connectivity index (χ4v) is 5.40. The second kappa shape index (κ2) is 10.2. The predicted molar refractivity (Wildman–Crippen MR) is 121 cm³/mol. The monoisotopic (exact) mass is 409 g/mol. The molecule has 1 fully saturated rings. The Morgan fingerprint density at radius 2 is 1.90 bits per heavy atom. The number of nitrogens with zero attached hydrogens (tertiary/aromatic N) is 1. The van der Waals surface area contributed by atoms with Crippen molar-refractivity contribution in [2.45, 2.75) is 48.4 Å². The van der Waals surface area contributed by atoms with Gasteiger partial charge in [0.2, 0.25) is 0 Å². The summed E-state index contributed by atoms with van der Waals surface area (Å²) in [5.41, 5.74) is 1.21. The minimum absolute atomic E-state index is 0.0547. The van der Waals surface area contributed by atoms with E-state index in [1.807, 2.05) is 23.9 Å². The van der Waals surface area contributed by atoms with Gasteiger partial charge in [-0.3, -0.25) is 0 Å². The number of benzene rings is 2. The third-order valence-electron chi connectivity index (χ3n) is 5.67. The van der Waals surface area contributed by atoms with Crippen molar-refractivity contribution in [2.75, 3.05) is 26.2 Å². The molecule has 4 rings (SSSR count). The summed E-state index contributed by atoms with van der Waals surface area (Å²) in [6.07, 6.45) is 7.89. The Kier molecular flexibility index (Phi) is 7.18. The molecule has 1 saturated heterocycles. The summed E-state index contributed by atoms with van der Waals surface area (Å²) >= 11 is 1.92. The molecule has 29 heavy (non-hydrogen) atoms. The van der Waals surface area contributed by atoms with Crippen molar-refractivity contribution in [3.63, 3.8) is 0 Å². The van der Waals surface area contributed by atoms with Crippen LogP contribution in [0.3, 0.4) is 0 Å². The van der Waals surface area contributed by atoms with Crippen LogP contribution in [0.4, 0.5) is 0 Å². The Bertz CT molecular complexity index is 786. The van der Waals surface area contributed by atoms with Crippen LogP contribution in [-0.2, 0) is 0 Å². The lowest BCUT2D eigenvalue weighted by Crippen LogP contribution is -2.25. The number of rotatable bonds is 9. The number of hydrogen-bond acceptors (Lipinski definition) is 4. The van der Waals surface area contributed by atoms with Gasteiger partial charge in [-0.2, -0.15) is 0 Å². The lowest BCUT2D eigenvalue weighted by Gasteiger charge is -2.33. The van der Waals surface area contributed by atoms with Crippen LogP contribution in [0.2, 0.25) is 0 Å². The molecule has 3 nitrogen and oxygen atoms in total. The topological polar surface area (TPSA) is 21.7 Å². The lowest BCUT2D eigenvalue weighted by atomic mass is 10.0. The van der Waals surface area contributed by atoms with E-state index in [0.29, 0.717) is 5.25 Å². The summed E-state index contributed by atoms with van der Waals surface area (Å²) in [5.74, 6) is 1.93. The van der Waals surface area contributed by atoms with Crippen molar-refractivity contribution in [3.8, 4) is 11.5 Å². The third-order valence-corrected chi connectivity index (χ3v) is 7.05. The largest absolute Gasteiger partial charge is 0.494 e. The second-order valence-corrected chi connectivity index (χ2v) is 9.11. The summed E-state index contributed by atoms with van der Waals surface area (Å²) in [6.45, 7) is 8.33. The van der Waals surface area contributed by atoms with E-state index in [0.717, 1.165) is 43.9 Å². The molecule has 2 aliphatic heterocycles. The molecule has 2 aromatic rings. The van der Waals surface area contributed by atoms with Gasteiger partial charge < -0.3 is 14.4 Å². The first kappa shape index (κ1) is 20.4. The molecule has 0 aromatic heterocycles. The molecule has 0 amide bonds. The van der Waals surface area contributed by atoms with Gasteiger partial charge in [0.1, 0.15) is 17.6 Å². The van der Waals surface area contributed by atoms with Crippen LogP contribution < -0.4 is 9.47 Å². The minimum atomic E-state index is 0.0547. The Balaban J connectivity index is 1.36. The van der Waals surface area contributed by atoms with E-state index >= 15 is 0 Å². The van der Waals surface area contributed by atoms with Gasteiger partial charge in [0.25, 0.3) is 0 Å². The Hall–Kier alpha value is -1.91. The van der Waals surface area contributed by atoms with E-state index in [1.165, 1.54) is 36.4 Å². The SMILES string of the molecule is C=CCC[C@H]1Sc2ccccc2O[C@@H]1c1ccc(OCCCN2CCCC2)cc1. The highest BCUT2D eigenvalue weighted by Gasteiger charge is 2.31. The normalized spacial score (nSPS) is 21.4. The zero-order chi connectivity index (χ0) is 19.9. The molecule has 2 aromatic carbocycles. The van der Waals surface area contributed by atoms with E-state index in [-0.39, 0.29) is 6.10 Å². The average molecular weight is 410 g/mol. The second-order valence-electron chi connectivity index (χ2n) is 7.83.